The second kappa shape index (κ2) is 10.8. The van der Waals surface area contributed by atoms with Gasteiger partial charge in [0.15, 0.2) is 11.5 Å². The smallest absolute Gasteiger partial charge is 0.270 e. The first-order valence-corrected chi connectivity index (χ1v) is 11.0. The molecule has 0 aliphatic rings. The minimum atomic E-state index is -3.98. The second-order valence-electron chi connectivity index (χ2n) is 6.35. The molecule has 2 aromatic rings. The number of nitro groups is 1. The van der Waals surface area contributed by atoms with Crippen LogP contribution in [0.4, 0.5) is 11.4 Å². The Bertz CT molecular complexity index is 1100. The second-order valence-corrected chi connectivity index (χ2v) is 8.25. The van der Waals surface area contributed by atoms with Crippen molar-refractivity contribution in [3.63, 3.8) is 0 Å². The molecule has 0 aliphatic carbocycles. The summed E-state index contributed by atoms with van der Waals surface area (Å²) in [4.78, 5) is 10.3. The highest BCUT2D eigenvalue weighted by Gasteiger charge is 2.27. The molecule has 0 atom stereocenters. The Labute approximate surface area is 186 Å². The van der Waals surface area contributed by atoms with Gasteiger partial charge in [-0.05, 0) is 12.1 Å². The predicted molar refractivity (Wildman–Crippen MR) is 121 cm³/mol. The first-order chi connectivity index (χ1) is 15.2. The molecule has 0 saturated heterocycles. The molecule has 0 aromatic heterocycles. The molecule has 2 aromatic carbocycles. The molecule has 0 heterocycles. The van der Waals surface area contributed by atoms with Gasteiger partial charge in [0.25, 0.3) is 5.69 Å². The first-order valence-electron chi connectivity index (χ1n) is 9.61. The molecule has 0 unspecified atom stereocenters. The summed E-state index contributed by atoms with van der Waals surface area (Å²) in [5.74, 6) is 1.38. The highest BCUT2D eigenvalue weighted by Crippen LogP contribution is 2.34. The third-order valence-corrected chi connectivity index (χ3v) is 6.71. The molecule has 0 aliphatic heterocycles. The fraction of sp³-hybridized carbons (Fsp3) is 0.350. The molecule has 1 N–H and O–H groups in total. The van der Waals surface area contributed by atoms with Crippen LogP contribution in [0, 0.1) is 10.1 Å². The Morgan fingerprint density at radius 2 is 1.62 bits per heavy atom. The highest BCUT2D eigenvalue weighted by atomic mass is 32.2. The zero-order chi connectivity index (χ0) is 23.9. The van der Waals surface area contributed by atoms with E-state index >= 15 is 0 Å². The van der Waals surface area contributed by atoms with Crippen LogP contribution < -0.4 is 19.6 Å². The van der Waals surface area contributed by atoms with Crippen LogP contribution >= 0.6 is 0 Å². The van der Waals surface area contributed by atoms with E-state index in [1.807, 2.05) is 0 Å². The number of rotatable bonds is 11. The number of ether oxygens (including phenoxy) is 3. The van der Waals surface area contributed by atoms with Crippen LogP contribution in [0.3, 0.4) is 0 Å². The minimum absolute atomic E-state index is 0.0955. The molecular weight excluding hydrogens is 440 g/mol. The molecule has 0 fully saturated rings. The van der Waals surface area contributed by atoms with Crippen molar-refractivity contribution in [1.82, 2.24) is 4.31 Å². The number of benzene rings is 2. The van der Waals surface area contributed by atoms with Crippen molar-refractivity contribution < 1.29 is 27.6 Å². The number of non-ortho nitro benzene ring substituents is 1. The van der Waals surface area contributed by atoms with Gasteiger partial charge in [-0.25, -0.2) is 8.42 Å². The quantitative estimate of drug-likeness (QED) is 0.303. The van der Waals surface area contributed by atoms with Crippen LogP contribution in [0.1, 0.15) is 19.4 Å². The average molecular weight is 467 g/mol. The van der Waals surface area contributed by atoms with Gasteiger partial charge in [0.2, 0.25) is 10.0 Å². The molecule has 0 spiro atoms. The van der Waals surface area contributed by atoms with Gasteiger partial charge >= 0.3 is 0 Å². The van der Waals surface area contributed by atoms with E-state index in [1.165, 1.54) is 44.0 Å². The number of hydrogen-bond donors (Lipinski definition) is 1. The Morgan fingerprint density at radius 1 is 1.03 bits per heavy atom. The van der Waals surface area contributed by atoms with Crippen LogP contribution in [-0.4, -0.2) is 58.3 Å². The van der Waals surface area contributed by atoms with Crippen molar-refractivity contribution in [3.8, 4) is 17.2 Å². The minimum Gasteiger partial charge on any atom is -0.496 e. The van der Waals surface area contributed by atoms with E-state index in [9.17, 15) is 18.5 Å². The van der Waals surface area contributed by atoms with Crippen molar-refractivity contribution in [2.45, 2.75) is 18.7 Å². The Hall–Kier alpha value is -3.38. The fourth-order valence-electron chi connectivity index (χ4n) is 2.96. The number of nitrogens with zero attached hydrogens (tertiary/aromatic N) is 3. The van der Waals surface area contributed by atoms with Crippen molar-refractivity contribution in [2.24, 2.45) is 5.10 Å². The maximum absolute atomic E-state index is 13.0. The maximum Gasteiger partial charge on any atom is 0.270 e. The van der Waals surface area contributed by atoms with Crippen LogP contribution in [-0.2, 0) is 10.0 Å². The van der Waals surface area contributed by atoms with E-state index in [0.717, 1.165) is 6.07 Å². The first kappa shape index (κ1) is 24.9. The number of nitrogens with one attached hydrogen (secondary N) is 1. The number of anilines is 1. The predicted octanol–water partition coefficient (Wildman–Crippen LogP) is 3.10. The summed E-state index contributed by atoms with van der Waals surface area (Å²) in [7, 11) is 0.489. The lowest BCUT2D eigenvalue weighted by Crippen LogP contribution is -2.31. The lowest BCUT2D eigenvalue weighted by atomic mass is 10.2. The summed E-state index contributed by atoms with van der Waals surface area (Å²) >= 11 is 0. The third kappa shape index (κ3) is 5.26. The maximum atomic E-state index is 13.0. The SMILES string of the molecule is CCN(CC)S(=O)(=O)c1cc([N+](=O)[O-])ccc1N/N=C/c1cc(OC)c(OC)cc1OC. The number of nitro benzene ring substituents is 1. The van der Waals surface area contributed by atoms with Crippen LogP contribution in [0.2, 0.25) is 0 Å². The molecule has 32 heavy (non-hydrogen) atoms. The molecule has 0 radical (unpaired) electrons. The summed E-state index contributed by atoms with van der Waals surface area (Å²) < 4.78 is 43.1. The van der Waals surface area contributed by atoms with Crippen molar-refractivity contribution >= 4 is 27.6 Å². The van der Waals surface area contributed by atoms with Gasteiger partial charge in [-0.15, -0.1) is 0 Å². The summed E-state index contributed by atoms with van der Waals surface area (Å²) in [6.45, 7) is 3.81. The lowest BCUT2D eigenvalue weighted by Gasteiger charge is -2.20. The van der Waals surface area contributed by atoms with Gasteiger partial charge in [-0.2, -0.15) is 9.41 Å². The summed E-state index contributed by atoms with van der Waals surface area (Å²) in [6, 6.07) is 6.80. The van der Waals surface area contributed by atoms with Gasteiger partial charge in [0.1, 0.15) is 10.6 Å². The van der Waals surface area contributed by atoms with Crippen molar-refractivity contribution in [3.05, 3.63) is 46.0 Å². The molecular formula is C20H26N4O7S. The lowest BCUT2D eigenvalue weighted by molar-refractivity contribution is -0.385. The largest absolute Gasteiger partial charge is 0.496 e. The fourth-order valence-corrected chi connectivity index (χ4v) is 4.58. The van der Waals surface area contributed by atoms with Crippen LogP contribution in [0.25, 0.3) is 0 Å². The number of methoxy groups -OCH3 is 3. The normalized spacial score (nSPS) is 11.6. The van der Waals surface area contributed by atoms with Gasteiger partial charge in [0, 0.05) is 36.9 Å². The van der Waals surface area contributed by atoms with E-state index in [1.54, 1.807) is 26.0 Å². The molecule has 2 rings (SSSR count). The molecule has 174 valence electrons. The summed E-state index contributed by atoms with van der Waals surface area (Å²) in [6.07, 6.45) is 1.41. The van der Waals surface area contributed by atoms with Crippen molar-refractivity contribution in [2.75, 3.05) is 39.8 Å². The van der Waals surface area contributed by atoms with E-state index in [4.69, 9.17) is 14.2 Å². The average Bonchev–Trinajstić information content (AvgIpc) is 2.79. The number of sulfonamides is 1. The van der Waals surface area contributed by atoms with Gasteiger partial charge in [-0.1, -0.05) is 13.8 Å². The Balaban J connectivity index is 2.48. The van der Waals surface area contributed by atoms with Crippen LogP contribution in [0.5, 0.6) is 17.2 Å². The zero-order valence-corrected chi connectivity index (χ0v) is 19.3. The summed E-state index contributed by atoms with van der Waals surface area (Å²) in [5, 5.41) is 15.3. The third-order valence-electron chi connectivity index (χ3n) is 4.62. The topological polar surface area (TPSA) is 133 Å². The van der Waals surface area contributed by atoms with E-state index in [0.29, 0.717) is 22.8 Å². The van der Waals surface area contributed by atoms with Crippen LogP contribution in [0.15, 0.2) is 40.3 Å². The molecule has 12 heteroatoms. The standard InChI is InChI=1S/C20H26N4O7S/c1-6-23(7-2)32(27,28)20-11-15(24(25)26)8-9-16(20)22-21-13-14-10-18(30-4)19(31-5)12-17(14)29-3/h8-13,22H,6-7H2,1-5H3/b21-13+. The number of hydrogen-bond acceptors (Lipinski definition) is 9. The Kier molecular flexibility index (Phi) is 8.38. The molecule has 0 bridgehead atoms. The molecule has 0 amide bonds. The van der Waals surface area contributed by atoms with Gasteiger partial charge < -0.3 is 14.2 Å². The van der Waals surface area contributed by atoms with Crippen molar-refractivity contribution in [1.29, 1.82) is 0 Å². The summed E-state index contributed by atoms with van der Waals surface area (Å²) in [5.41, 5.74) is 2.96. The van der Waals surface area contributed by atoms with E-state index in [-0.39, 0.29) is 29.4 Å². The highest BCUT2D eigenvalue weighted by molar-refractivity contribution is 7.89. The van der Waals surface area contributed by atoms with E-state index in [2.05, 4.69) is 10.5 Å². The van der Waals surface area contributed by atoms with Gasteiger partial charge in [0.05, 0.1) is 38.2 Å². The molecule has 11 nitrogen and oxygen atoms in total. The zero-order valence-electron chi connectivity index (χ0n) is 18.5. The monoisotopic (exact) mass is 466 g/mol. The number of hydrazone groups is 1. The Morgan fingerprint density at radius 3 is 2.16 bits per heavy atom. The van der Waals surface area contributed by atoms with Gasteiger partial charge in [-0.3, -0.25) is 15.5 Å². The van der Waals surface area contributed by atoms with E-state index < -0.39 is 14.9 Å². The molecule has 0 saturated carbocycles.